The average molecular weight is 367 g/mol. The zero-order valence-corrected chi connectivity index (χ0v) is 14.9. The molecule has 0 unspecified atom stereocenters. The second-order valence-electron chi connectivity index (χ2n) is 5.96. The highest BCUT2D eigenvalue weighted by Gasteiger charge is 2.04. The molecule has 0 radical (unpaired) electrons. The van der Waals surface area contributed by atoms with E-state index in [1.165, 1.54) is 6.07 Å². The van der Waals surface area contributed by atoms with E-state index in [0.29, 0.717) is 24.5 Å². The van der Waals surface area contributed by atoms with E-state index in [1.807, 2.05) is 30.3 Å². The third-order valence-electron chi connectivity index (χ3n) is 3.87. The maximum absolute atomic E-state index is 11.8. The minimum Gasteiger partial charge on any atom is -0.494 e. The van der Waals surface area contributed by atoms with Crippen LogP contribution >= 0.6 is 0 Å². The third kappa shape index (κ3) is 5.88. The Bertz CT molecular complexity index is 936. The van der Waals surface area contributed by atoms with Gasteiger partial charge in [-0.1, -0.05) is 18.2 Å². The lowest BCUT2D eigenvalue weighted by molar-refractivity contribution is -0.123. The van der Waals surface area contributed by atoms with Crippen LogP contribution in [0.25, 0.3) is 11.0 Å². The normalized spacial score (nSPS) is 10.5. The van der Waals surface area contributed by atoms with Gasteiger partial charge in [-0.25, -0.2) is 4.79 Å². The molecule has 6 heteroatoms. The van der Waals surface area contributed by atoms with Crippen molar-refractivity contribution in [3.05, 3.63) is 71.1 Å². The maximum Gasteiger partial charge on any atom is 0.336 e. The van der Waals surface area contributed by atoms with E-state index in [2.05, 4.69) is 5.32 Å². The van der Waals surface area contributed by atoms with Crippen molar-refractivity contribution in [2.75, 3.05) is 19.8 Å². The van der Waals surface area contributed by atoms with Gasteiger partial charge in [0.05, 0.1) is 6.61 Å². The molecule has 6 nitrogen and oxygen atoms in total. The molecular weight excluding hydrogens is 346 g/mol. The number of rotatable bonds is 9. The van der Waals surface area contributed by atoms with Crippen LogP contribution in [0.4, 0.5) is 0 Å². The number of para-hydroxylation sites is 1. The molecule has 1 heterocycles. The summed E-state index contributed by atoms with van der Waals surface area (Å²) in [7, 11) is 0. The summed E-state index contributed by atoms with van der Waals surface area (Å²) in [6, 6.07) is 17.8. The van der Waals surface area contributed by atoms with Crippen molar-refractivity contribution in [1.29, 1.82) is 0 Å². The molecule has 0 saturated carbocycles. The Morgan fingerprint density at radius 1 is 0.926 bits per heavy atom. The van der Waals surface area contributed by atoms with Crippen molar-refractivity contribution in [3.63, 3.8) is 0 Å². The van der Waals surface area contributed by atoms with Crippen LogP contribution in [0.15, 0.2) is 69.9 Å². The van der Waals surface area contributed by atoms with E-state index in [1.54, 1.807) is 24.3 Å². The van der Waals surface area contributed by atoms with Crippen LogP contribution in [-0.2, 0) is 4.79 Å². The van der Waals surface area contributed by atoms with Crippen LogP contribution in [0.5, 0.6) is 11.5 Å². The lowest BCUT2D eigenvalue weighted by Crippen LogP contribution is -2.29. The number of hydrogen-bond acceptors (Lipinski definition) is 5. The smallest absolute Gasteiger partial charge is 0.336 e. The molecule has 1 amide bonds. The van der Waals surface area contributed by atoms with E-state index < -0.39 is 5.63 Å². The van der Waals surface area contributed by atoms with Gasteiger partial charge in [-0.15, -0.1) is 0 Å². The van der Waals surface area contributed by atoms with Gasteiger partial charge in [-0.2, -0.15) is 0 Å². The molecule has 1 N–H and O–H groups in total. The quantitative estimate of drug-likeness (QED) is 0.464. The molecular formula is C21H21NO5. The molecule has 140 valence electrons. The highest BCUT2D eigenvalue weighted by atomic mass is 16.5. The molecule has 0 aliphatic rings. The van der Waals surface area contributed by atoms with E-state index >= 15 is 0 Å². The summed E-state index contributed by atoms with van der Waals surface area (Å²) < 4.78 is 16.1. The molecule has 0 spiro atoms. The number of amides is 1. The first-order valence-corrected chi connectivity index (χ1v) is 8.82. The fraction of sp³-hybridized carbons (Fsp3) is 0.238. The standard InChI is InChI=1S/C21H21NO5/c23-20(22-12-4-5-13-25-17-6-2-1-3-7-17)15-26-18-10-8-16-9-11-21(24)27-19(16)14-18/h1-3,6-11,14H,4-5,12-13,15H2,(H,22,23). The molecule has 3 aromatic rings. The summed E-state index contributed by atoms with van der Waals surface area (Å²) in [5.74, 6) is 1.12. The van der Waals surface area contributed by atoms with Gasteiger partial charge in [-0.05, 0) is 43.2 Å². The topological polar surface area (TPSA) is 77.8 Å². The van der Waals surface area contributed by atoms with Crippen molar-refractivity contribution >= 4 is 16.9 Å². The predicted molar refractivity (Wildman–Crippen MR) is 102 cm³/mol. The highest BCUT2D eigenvalue weighted by molar-refractivity contribution is 5.79. The van der Waals surface area contributed by atoms with Gasteiger partial charge in [0.1, 0.15) is 17.1 Å². The summed E-state index contributed by atoms with van der Waals surface area (Å²) in [4.78, 5) is 23.1. The van der Waals surface area contributed by atoms with E-state index in [9.17, 15) is 9.59 Å². The van der Waals surface area contributed by atoms with Crippen molar-refractivity contribution in [1.82, 2.24) is 5.32 Å². The Labute approximate surface area is 156 Å². The monoisotopic (exact) mass is 367 g/mol. The SMILES string of the molecule is O=C(COc1ccc2ccc(=O)oc2c1)NCCCCOc1ccccc1. The minimum absolute atomic E-state index is 0.0942. The zero-order chi connectivity index (χ0) is 18.9. The molecule has 27 heavy (non-hydrogen) atoms. The first-order valence-electron chi connectivity index (χ1n) is 8.82. The van der Waals surface area contributed by atoms with Crippen LogP contribution in [0, 0.1) is 0 Å². The highest BCUT2D eigenvalue weighted by Crippen LogP contribution is 2.19. The summed E-state index contributed by atoms with van der Waals surface area (Å²) in [5.41, 5.74) is 0.00691. The van der Waals surface area contributed by atoms with Crippen molar-refractivity contribution in [2.24, 2.45) is 0 Å². The molecule has 0 aliphatic carbocycles. The Kier molecular flexibility index (Phi) is 6.46. The lowest BCUT2D eigenvalue weighted by atomic mass is 10.2. The molecule has 0 saturated heterocycles. The zero-order valence-electron chi connectivity index (χ0n) is 14.9. The van der Waals surface area contributed by atoms with Crippen LogP contribution < -0.4 is 20.4 Å². The van der Waals surface area contributed by atoms with Gasteiger partial charge in [-0.3, -0.25) is 4.79 Å². The number of carbonyl (C=O) groups excluding carboxylic acids is 1. The number of unbranched alkanes of at least 4 members (excludes halogenated alkanes) is 1. The van der Waals surface area contributed by atoms with Gasteiger partial charge in [0.15, 0.2) is 6.61 Å². The van der Waals surface area contributed by atoms with Crippen LogP contribution in [0.1, 0.15) is 12.8 Å². The fourth-order valence-electron chi connectivity index (χ4n) is 2.49. The van der Waals surface area contributed by atoms with Gasteiger partial charge in [0, 0.05) is 24.1 Å². The third-order valence-corrected chi connectivity index (χ3v) is 3.87. The number of benzene rings is 2. The second-order valence-corrected chi connectivity index (χ2v) is 5.96. The van der Waals surface area contributed by atoms with Gasteiger partial charge in [0.25, 0.3) is 5.91 Å². The Morgan fingerprint density at radius 3 is 2.59 bits per heavy atom. The van der Waals surface area contributed by atoms with Crippen LogP contribution in [-0.4, -0.2) is 25.7 Å². The largest absolute Gasteiger partial charge is 0.494 e. The van der Waals surface area contributed by atoms with Gasteiger partial charge < -0.3 is 19.2 Å². The predicted octanol–water partition coefficient (Wildman–Crippen LogP) is 3.15. The minimum atomic E-state index is -0.423. The fourth-order valence-corrected chi connectivity index (χ4v) is 2.49. The number of nitrogens with one attached hydrogen (secondary N) is 1. The second kappa shape index (κ2) is 9.43. The van der Waals surface area contributed by atoms with Crippen molar-refractivity contribution in [2.45, 2.75) is 12.8 Å². The molecule has 0 aliphatic heterocycles. The molecule has 0 fully saturated rings. The Balaban J connectivity index is 1.33. The van der Waals surface area contributed by atoms with Gasteiger partial charge in [0.2, 0.25) is 0 Å². The first kappa shape index (κ1) is 18.5. The lowest BCUT2D eigenvalue weighted by Gasteiger charge is -2.08. The number of hydrogen-bond donors (Lipinski definition) is 1. The number of fused-ring (bicyclic) bond motifs is 1. The van der Waals surface area contributed by atoms with E-state index in [0.717, 1.165) is 24.0 Å². The summed E-state index contributed by atoms with van der Waals surface area (Å²) >= 11 is 0. The number of carbonyl (C=O) groups is 1. The Hall–Kier alpha value is -3.28. The molecule has 3 rings (SSSR count). The summed E-state index contributed by atoms with van der Waals surface area (Å²) in [5, 5.41) is 3.60. The first-order chi connectivity index (χ1) is 13.2. The van der Waals surface area contributed by atoms with Crippen molar-refractivity contribution < 1.29 is 18.7 Å². The summed E-state index contributed by atoms with van der Waals surface area (Å²) in [6.07, 6.45) is 1.67. The average Bonchev–Trinajstić information content (AvgIpc) is 2.69. The van der Waals surface area contributed by atoms with E-state index in [-0.39, 0.29) is 12.5 Å². The van der Waals surface area contributed by atoms with Crippen molar-refractivity contribution in [3.8, 4) is 11.5 Å². The Morgan fingerprint density at radius 2 is 1.74 bits per heavy atom. The van der Waals surface area contributed by atoms with E-state index in [4.69, 9.17) is 13.9 Å². The number of ether oxygens (including phenoxy) is 2. The molecule has 0 bridgehead atoms. The van der Waals surface area contributed by atoms with Gasteiger partial charge >= 0.3 is 5.63 Å². The maximum atomic E-state index is 11.8. The molecule has 1 aromatic heterocycles. The van der Waals surface area contributed by atoms with Crippen LogP contribution in [0.3, 0.4) is 0 Å². The molecule has 0 atom stereocenters. The summed E-state index contributed by atoms with van der Waals surface area (Å²) in [6.45, 7) is 1.08. The van der Waals surface area contributed by atoms with Crippen LogP contribution in [0.2, 0.25) is 0 Å². The molecule has 2 aromatic carbocycles.